The van der Waals surface area contributed by atoms with Crippen LogP contribution in [0, 0.1) is 0 Å². The third kappa shape index (κ3) is 8.13. The van der Waals surface area contributed by atoms with Gasteiger partial charge in [0, 0.05) is 23.1 Å². The molecule has 0 radical (unpaired) electrons. The zero-order chi connectivity index (χ0) is 29.3. The summed E-state index contributed by atoms with van der Waals surface area (Å²) >= 11 is 12.2. The highest BCUT2D eigenvalue weighted by Gasteiger charge is 2.32. The summed E-state index contributed by atoms with van der Waals surface area (Å²) in [6, 6.07) is 18.1. The lowest BCUT2D eigenvalue weighted by Crippen LogP contribution is -2.51. The summed E-state index contributed by atoms with van der Waals surface area (Å²) in [7, 11) is -2.66. The minimum atomic E-state index is -4.21. The van der Waals surface area contributed by atoms with Crippen molar-refractivity contribution in [3.8, 4) is 5.75 Å². The predicted molar refractivity (Wildman–Crippen MR) is 158 cm³/mol. The molecule has 3 rings (SSSR count). The van der Waals surface area contributed by atoms with Crippen molar-refractivity contribution in [2.75, 3.05) is 24.5 Å². The van der Waals surface area contributed by atoms with Crippen LogP contribution in [0.4, 0.5) is 5.69 Å². The van der Waals surface area contributed by atoms with Gasteiger partial charge in [-0.2, -0.15) is 0 Å². The number of hydrogen-bond donors (Lipinski definition) is 1. The molecule has 214 valence electrons. The Morgan fingerprint density at radius 1 is 0.975 bits per heavy atom. The van der Waals surface area contributed by atoms with Crippen LogP contribution in [-0.2, 0) is 26.2 Å². The molecule has 0 saturated carbocycles. The number of carbonyl (C=O) groups is 2. The van der Waals surface area contributed by atoms with E-state index in [0.717, 1.165) is 22.7 Å². The van der Waals surface area contributed by atoms with Gasteiger partial charge in [0.15, 0.2) is 0 Å². The maximum absolute atomic E-state index is 13.9. The van der Waals surface area contributed by atoms with Crippen molar-refractivity contribution in [1.29, 1.82) is 0 Å². The van der Waals surface area contributed by atoms with E-state index in [1.165, 1.54) is 35.2 Å². The Bertz CT molecular complexity index is 1400. The van der Waals surface area contributed by atoms with Crippen LogP contribution in [0.1, 0.15) is 32.3 Å². The largest absolute Gasteiger partial charge is 0.497 e. The second-order valence-corrected chi connectivity index (χ2v) is 11.9. The molecule has 3 aromatic rings. The van der Waals surface area contributed by atoms with E-state index in [-0.39, 0.29) is 23.0 Å². The van der Waals surface area contributed by atoms with E-state index in [9.17, 15) is 18.0 Å². The van der Waals surface area contributed by atoms with Gasteiger partial charge >= 0.3 is 0 Å². The third-order valence-corrected chi connectivity index (χ3v) is 8.56. The lowest BCUT2D eigenvalue weighted by molar-refractivity contribution is -0.139. The van der Waals surface area contributed by atoms with Gasteiger partial charge in [0.2, 0.25) is 11.8 Å². The monoisotopic (exact) mass is 605 g/mol. The zero-order valence-corrected chi connectivity index (χ0v) is 25.0. The van der Waals surface area contributed by atoms with Crippen molar-refractivity contribution >= 4 is 50.7 Å². The van der Waals surface area contributed by atoms with Crippen LogP contribution in [0.5, 0.6) is 5.75 Å². The van der Waals surface area contributed by atoms with E-state index in [2.05, 4.69) is 5.32 Å². The van der Waals surface area contributed by atoms with Crippen LogP contribution in [0.2, 0.25) is 10.0 Å². The minimum absolute atomic E-state index is 0.0447. The van der Waals surface area contributed by atoms with Gasteiger partial charge in [-0.05, 0) is 73.5 Å². The number of halogens is 2. The molecule has 0 aliphatic heterocycles. The molecular weight excluding hydrogens is 573 g/mol. The smallest absolute Gasteiger partial charge is 0.264 e. The molecular formula is C29H33Cl2N3O5S. The number of carbonyl (C=O) groups excluding carboxylic acids is 2. The predicted octanol–water partition coefficient (Wildman–Crippen LogP) is 5.53. The molecule has 0 aromatic heterocycles. The summed E-state index contributed by atoms with van der Waals surface area (Å²) in [4.78, 5) is 28.3. The fourth-order valence-corrected chi connectivity index (χ4v) is 5.66. The average molecular weight is 607 g/mol. The van der Waals surface area contributed by atoms with Gasteiger partial charge in [-0.1, -0.05) is 54.7 Å². The number of methoxy groups -OCH3 is 1. The summed E-state index contributed by atoms with van der Waals surface area (Å²) in [5, 5.41) is 3.54. The molecule has 2 amide bonds. The highest BCUT2D eigenvalue weighted by molar-refractivity contribution is 7.92. The van der Waals surface area contributed by atoms with Crippen LogP contribution in [0.15, 0.2) is 77.7 Å². The number of benzene rings is 3. The molecule has 0 fully saturated rings. The highest BCUT2D eigenvalue weighted by atomic mass is 35.5. The van der Waals surface area contributed by atoms with Crippen molar-refractivity contribution < 1.29 is 22.7 Å². The molecule has 0 saturated heterocycles. The Morgan fingerprint density at radius 3 is 2.25 bits per heavy atom. The van der Waals surface area contributed by atoms with Crippen molar-refractivity contribution in [2.45, 2.75) is 44.2 Å². The molecule has 0 bridgehead atoms. The summed E-state index contributed by atoms with van der Waals surface area (Å²) in [6.07, 6.45) is 1.70. The summed E-state index contributed by atoms with van der Waals surface area (Å²) in [5.41, 5.74) is 0.956. The van der Waals surface area contributed by atoms with Gasteiger partial charge in [0.05, 0.1) is 17.7 Å². The van der Waals surface area contributed by atoms with E-state index in [1.54, 1.807) is 56.5 Å². The van der Waals surface area contributed by atoms with Gasteiger partial charge in [0.1, 0.15) is 18.3 Å². The first-order chi connectivity index (χ1) is 19.1. The van der Waals surface area contributed by atoms with Gasteiger partial charge in [0.25, 0.3) is 10.0 Å². The normalized spacial score (nSPS) is 11.9. The average Bonchev–Trinajstić information content (AvgIpc) is 2.94. The van der Waals surface area contributed by atoms with Crippen molar-refractivity contribution in [1.82, 2.24) is 10.2 Å². The summed E-state index contributed by atoms with van der Waals surface area (Å²) in [6.45, 7) is 3.63. The maximum atomic E-state index is 13.9. The molecule has 1 atom stereocenters. The molecule has 8 nitrogen and oxygen atoms in total. The van der Waals surface area contributed by atoms with E-state index in [0.29, 0.717) is 22.3 Å². The quantitative estimate of drug-likeness (QED) is 0.258. The lowest BCUT2D eigenvalue weighted by atomic mass is 10.1. The lowest BCUT2D eigenvalue weighted by Gasteiger charge is -2.32. The first kappa shape index (κ1) is 31.3. The molecule has 0 aliphatic carbocycles. The van der Waals surface area contributed by atoms with Crippen LogP contribution in [0.3, 0.4) is 0 Å². The van der Waals surface area contributed by atoms with Gasteiger partial charge in [-0.25, -0.2) is 8.42 Å². The molecule has 3 aromatic carbocycles. The molecule has 0 heterocycles. The van der Waals surface area contributed by atoms with Gasteiger partial charge in [-0.15, -0.1) is 0 Å². The van der Waals surface area contributed by atoms with Crippen LogP contribution in [0.25, 0.3) is 0 Å². The number of sulfonamides is 1. The van der Waals surface area contributed by atoms with Crippen LogP contribution in [-0.4, -0.2) is 51.4 Å². The van der Waals surface area contributed by atoms with Crippen LogP contribution >= 0.6 is 23.2 Å². The van der Waals surface area contributed by atoms with Gasteiger partial charge in [-0.3, -0.25) is 13.9 Å². The number of hydrogen-bond acceptors (Lipinski definition) is 5. The summed E-state index contributed by atoms with van der Waals surface area (Å²) < 4.78 is 33.8. The second kappa shape index (κ2) is 14.4. The number of nitrogens with one attached hydrogen (secondary N) is 1. The van der Waals surface area contributed by atoms with E-state index >= 15 is 0 Å². The molecule has 0 unspecified atom stereocenters. The number of ether oxygens (including phenoxy) is 1. The third-order valence-electron chi connectivity index (χ3n) is 6.29. The first-order valence-electron chi connectivity index (χ1n) is 12.8. The molecule has 11 heteroatoms. The van der Waals surface area contributed by atoms with Crippen molar-refractivity contribution in [3.63, 3.8) is 0 Å². The first-order valence-corrected chi connectivity index (χ1v) is 15.0. The van der Waals surface area contributed by atoms with E-state index in [4.69, 9.17) is 27.9 Å². The number of anilines is 1. The maximum Gasteiger partial charge on any atom is 0.264 e. The van der Waals surface area contributed by atoms with E-state index < -0.39 is 28.5 Å². The Balaban J connectivity index is 1.99. The SMILES string of the molecule is CCCCNC(=O)[C@@H](C)N(Cc1ccc(OC)cc1)C(=O)CN(c1cccc(Cl)c1)S(=O)(=O)c1ccc(Cl)cc1. The Morgan fingerprint density at radius 2 is 1.65 bits per heavy atom. The van der Waals surface area contributed by atoms with Gasteiger partial charge < -0.3 is 15.0 Å². The molecule has 1 N–H and O–H groups in total. The Kier molecular flexibility index (Phi) is 11.2. The topological polar surface area (TPSA) is 96.0 Å². The standard InChI is InChI=1S/C29H33Cl2N3O5S/c1-4-5-17-32-29(36)21(2)33(19-22-9-13-26(39-3)14-10-22)28(35)20-34(25-8-6-7-24(31)18-25)40(37,38)27-15-11-23(30)12-16-27/h6-16,18,21H,4-5,17,19-20H2,1-3H3,(H,32,36)/t21-/m1/s1. The zero-order valence-electron chi connectivity index (χ0n) is 22.6. The number of amides is 2. The fourth-order valence-electron chi connectivity index (χ4n) is 3.94. The van der Waals surface area contributed by atoms with Crippen molar-refractivity contribution in [2.24, 2.45) is 0 Å². The van der Waals surface area contributed by atoms with Crippen LogP contribution < -0.4 is 14.4 Å². The Hall–Kier alpha value is -3.27. The van der Waals surface area contributed by atoms with Crippen molar-refractivity contribution in [3.05, 3.63) is 88.4 Å². The summed E-state index contributed by atoms with van der Waals surface area (Å²) in [5.74, 6) is -0.246. The molecule has 0 spiro atoms. The minimum Gasteiger partial charge on any atom is -0.497 e. The molecule has 40 heavy (non-hydrogen) atoms. The Labute approximate surface area is 245 Å². The number of unbranched alkanes of at least 4 members (excludes halogenated alkanes) is 1. The molecule has 0 aliphatic rings. The highest BCUT2D eigenvalue weighted by Crippen LogP contribution is 2.27. The number of nitrogens with zero attached hydrogens (tertiary/aromatic N) is 2. The fraction of sp³-hybridized carbons (Fsp3) is 0.310. The number of rotatable bonds is 13. The second-order valence-electron chi connectivity index (χ2n) is 9.14. The van der Waals surface area contributed by atoms with E-state index in [1.807, 2.05) is 6.92 Å².